The minimum atomic E-state index is -0.250. The van der Waals surface area contributed by atoms with Crippen molar-refractivity contribution in [3.05, 3.63) is 17.0 Å². The van der Waals surface area contributed by atoms with Crippen molar-refractivity contribution in [3.8, 4) is 5.06 Å². The van der Waals surface area contributed by atoms with Crippen LogP contribution in [0.25, 0.3) is 0 Å². The van der Waals surface area contributed by atoms with Crippen molar-refractivity contribution in [2.24, 2.45) is 0 Å². The fourth-order valence-corrected chi connectivity index (χ4v) is 2.08. The third kappa shape index (κ3) is 2.71. The van der Waals surface area contributed by atoms with Crippen molar-refractivity contribution in [3.63, 3.8) is 0 Å². The van der Waals surface area contributed by atoms with E-state index in [0.29, 0.717) is 6.04 Å². The zero-order valence-corrected chi connectivity index (χ0v) is 8.71. The zero-order chi connectivity index (χ0) is 10.4. The summed E-state index contributed by atoms with van der Waals surface area (Å²) in [6, 6.07) is 2.64. The van der Waals surface area contributed by atoms with Gasteiger partial charge in [-0.1, -0.05) is 0 Å². The number of carboxylic acid groups (broad SMARTS) is 1. The number of rotatable bonds is 1. The summed E-state index contributed by atoms with van der Waals surface area (Å²) in [5, 5.41) is 13.3. The lowest BCUT2D eigenvalue weighted by Gasteiger charge is -2.21. The normalized spacial score (nSPS) is 18.5. The van der Waals surface area contributed by atoms with Gasteiger partial charge in [-0.15, -0.1) is 11.3 Å². The van der Waals surface area contributed by atoms with Crippen LogP contribution in [0.2, 0.25) is 0 Å². The van der Waals surface area contributed by atoms with Crippen molar-refractivity contribution in [2.75, 3.05) is 13.7 Å². The van der Waals surface area contributed by atoms with Gasteiger partial charge in [0.05, 0.1) is 0 Å². The van der Waals surface area contributed by atoms with Crippen LogP contribution in [0.4, 0.5) is 0 Å². The first-order valence-electron chi connectivity index (χ1n) is 4.26. The Labute approximate surface area is 86.5 Å². The SMILES string of the molecule is CNC1COc2sccc2C1.O=CO. The molecule has 0 saturated carbocycles. The average molecular weight is 215 g/mol. The average Bonchev–Trinajstić information content (AvgIpc) is 2.65. The van der Waals surface area contributed by atoms with E-state index in [9.17, 15) is 0 Å². The third-order valence-corrected chi connectivity index (χ3v) is 2.86. The highest BCUT2D eigenvalue weighted by atomic mass is 32.1. The first kappa shape index (κ1) is 11.0. The number of thiophene rings is 1. The van der Waals surface area contributed by atoms with Crippen LogP contribution < -0.4 is 10.1 Å². The highest BCUT2D eigenvalue weighted by molar-refractivity contribution is 7.12. The van der Waals surface area contributed by atoms with Crippen molar-refractivity contribution in [1.29, 1.82) is 0 Å². The lowest BCUT2D eigenvalue weighted by Crippen LogP contribution is -2.36. The number of fused-ring (bicyclic) bond motifs is 1. The molecule has 0 bridgehead atoms. The first-order valence-corrected chi connectivity index (χ1v) is 5.14. The summed E-state index contributed by atoms with van der Waals surface area (Å²) in [6.45, 7) is 0.560. The molecule has 1 aliphatic heterocycles. The molecule has 0 saturated heterocycles. The van der Waals surface area contributed by atoms with Gasteiger partial charge >= 0.3 is 0 Å². The smallest absolute Gasteiger partial charge is 0.290 e. The molecule has 2 N–H and O–H groups in total. The first-order chi connectivity index (χ1) is 6.81. The molecule has 2 heterocycles. The Morgan fingerprint density at radius 2 is 2.50 bits per heavy atom. The van der Waals surface area contributed by atoms with Crippen LogP contribution >= 0.6 is 11.3 Å². The highest BCUT2D eigenvalue weighted by Gasteiger charge is 2.18. The second-order valence-corrected chi connectivity index (χ2v) is 3.72. The molecule has 0 aromatic carbocycles. The third-order valence-electron chi connectivity index (χ3n) is 2.00. The summed E-state index contributed by atoms with van der Waals surface area (Å²) < 4.78 is 5.52. The van der Waals surface area contributed by atoms with Crippen molar-refractivity contribution >= 4 is 17.8 Å². The summed E-state index contributed by atoms with van der Waals surface area (Å²) in [7, 11) is 1.98. The van der Waals surface area contributed by atoms with E-state index >= 15 is 0 Å². The molecule has 78 valence electrons. The fourth-order valence-electron chi connectivity index (χ4n) is 1.29. The second-order valence-electron chi connectivity index (χ2n) is 2.84. The van der Waals surface area contributed by atoms with E-state index in [4.69, 9.17) is 14.6 Å². The van der Waals surface area contributed by atoms with Gasteiger partial charge in [0.25, 0.3) is 6.47 Å². The molecular formula is C9H13NO3S. The summed E-state index contributed by atoms with van der Waals surface area (Å²) in [5.74, 6) is 0. The number of carbonyl (C=O) groups is 1. The van der Waals surface area contributed by atoms with Crippen LogP contribution in [-0.4, -0.2) is 31.3 Å². The van der Waals surface area contributed by atoms with Crippen LogP contribution in [0.15, 0.2) is 11.4 Å². The molecular weight excluding hydrogens is 202 g/mol. The predicted octanol–water partition coefficient (Wildman–Crippen LogP) is 0.972. The molecule has 0 radical (unpaired) electrons. The summed E-state index contributed by atoms with van der Waals surface area (Å²) in [5.41, 5.74) is 1.35. The van der Waals surface area contributed by atoms with E-state index in [2.05, 4.69) is 16.8 Å². The Morgan fingerprint density at radius 1 is 1.79 bits per heavy atom. The largest absolute Gasteiger partial charge is 0.483 e. The van der Waals surface area contributed by atoms with Crippen LogP contribution in [0, 0.1) is 0 Å². The molecule has 1 unspecified atom stereocenters. The number of nitrogens with one attached hydrogen (secondary N) is 1. The standard InChI is InChI=1S/C8H11NOS.CH2O2/c1-9-7-4-6-2-3-11-8(6)10-5-7;2-1-3/h2-3,7,9H,4-5H2,1H3;1H,(H,2,3). The lowest BCUT2D eigenvalue weighted by atomic mass is 10.1. The Bertz CT molecular complexity index is 287. The van der Waals surface area contributed by atoms with Crippen LogP contribution in [-0.2, 0) is 11.2 Å². The van der Waals surface area contributed by atoms with E-state index in [-0.39, 0.29) is 6.47 Å². The molecule has 0 aliphatic carbocycles. The summed E-state index contributed by atoms with van der Waals surface area (Å²) in [6.07, 6.45) is 1.11. The molecule has 0 fully saturated rings. The Morgan fingerprint density at radius 3 is 3.14 bits per heavy atom. The van der Waals surface area contributed by atoms with Crippen molar-refractivity contribution in [1.82, 2.24) is 5.32 Å². The fraction of sp³-hybridized carbons (Fsp3) is 0.444. The maximum absolute atomic E-state index is 8.36. The number of hydrogen-bond acceptors (Lipinski definition) is 4. The van der Waals surface area contributed by atoms with Gasteiger partial charge < -0.3 is 15.2 Å². The summed E-state index contributed by atoms with van der Waals surface area (Å²) >= 11 is 1.69. The maximum Gasteiger partial charge on any atom is 0.290 e. The van der Waals surface area contributed by atoms with Gasteiger partial charge in [-0.25, -0.2) is 0 Å². The van der Waals surface area contributed by atoms with Crippen molar-refractivity contribution < 1.29 is 14.6 Å². The predicted molar refractivity (Wildman–Crippen MR) is 55.1 cm³/mol. The minimum Gasteiger partial charge on any atom is -0.483 e. The molecule has 0 amide bonds. The second kappa shape index (κ2) is 5.62. The Balaban J connectivity index is 0.000000293. The molecule has 0 spiro atoms. The zero-order valence-electron chi connectivity index (χ0n) is 7.90. The Hall–Kier alpha value is -1.07. The molecule has 2 rings (SSSR count). The molecule has 14 heavy (non-hydrogen) atoms. The van der Waals surface area contributed by atoms with Gasteiger partial charge in [0.1, 0.15) is 6.61 Å². The van der Waals surface area contributed by atoms with Crippen molar-refractivity contribution in [2.45, 2.75) is 12.5 Å². The molecule has 4 nitrogen and oxygen atoms in total. The van der Waals surface area contributed by atoms with Gasteiger partial charge in [0, 0.05) is 11.6 Å². The minimum absolute atomic E-state index is 0.250. The van der Waals surface area contributed by atoms with E-state index in [1.165, 1.54) is 5.56 Å². The van der Waals surface area contributed by atoms with E-state index < -0.39 is 0 Å². The van der Waals surface area contributed by atoms with Gasteiger partial charge in [0.15, 0.2) is 5.06 Å². The monoisotopic (exact) mass is 215 g/mol. The highest BCUT2D eigenvalue weighted by Crippen LogP contribution is 2.30. The van der Waals surface area contributed by atoms with Gasteiger partial charge in [-0.2, -0.15) is 0 Å². The van der Waals surface area contributed by atoms with Crippen LogP contribution in [0.3, 0.4) is 0 Å². The van der Waals surface area contributed by atoms with E-state index in [1.54, 1.807) is 11.3 Å². The molecule has 1 aromatic rings. The molecule has 1 aromatic heterocycles. The topological polar surface area (TPSA) is 58.6 Å². The molecule has 1 atom stereocenters. The number of ether oxygens (including phenoxy) is 1. The maximum atomic E-state index is 8.36. The number of likely N-dealkylation sites (N-methyl/N-ethyl adjacent to an activating group) is 1. The van der Waals surface area contributed by atoms with Gasteiger partial charge in [-0.3, -0.25) is 4.79 Å². The number of hydrogen-bond donors (Lipinski definition) is 2. The lowest BCUT2D eigenvalue weighted by molar-refractivity contribution is -0.122. The van der Waals surface area contributed by atoms with Gasteiger partial charge in [0.2, 0.25) is 0 Å². The van der Waals surface area contributed by atoms with Gasteiger partial charge in [-0.05, 0) is 24.9 Å². The quantitative estimate of drug-likeness (QED) is 0.685. The molecule has 1 aliphatic rings. The van der Waals surface area contributed by atoms with E-state index in [0.717, 1.165) is 18.1 Å². The van der Waals surface area contributed by atoms with E-state index in [1.807, 2.05) is 7.05 Å². The molecule has 5 heteroatoms. The summed E-state index contributed by atoms with van der Waals surface area (Å²) in [4.78, 5) is 8.36. The Kier molecular flexibility index (Phi) is 4.42. The van der Waals surface area contributed by atoms with Crippen LogP contribution in [0.5, 0.6) is 5.06 Å². The van der Waals surface area contributed by atoms with Crippen LogP contribution in [0.1, 0.15) is 5.56 Å².